The Hall–Kier alpha value is -2.80. The van der Waals surface area contributed by atoms with E-state index in [9.17, 15) is 9.59 Å². The highest BCUT2D eigenvalue weighted by atomic mass is 35.5. The zero-order valence-corrected chi connectivity index (χ0v) is 16.3. The number of carbonyl (C=O) groups excluding carboxylic acids is 1. The van der Waals surface area contributed by atoms with Crippen LogP contribution in [-0.2, 0) is 4.74 Å². The van der Waals surface area contributed by atoms with Crippen molar-refractivity contribution in [1.29, 1.82) is 0 Å². The molecule has 0 aliphatic rings. The molecule has 1 amide bonds. The van der Waals surface area contributed by atoms with Gasteiger partial charge in [-0.05, 0) is 45.9 Å². The fourth-order valence-corrected chi connectivity index (χ4v) is 2.93. The number of fused-ring (bicyclic) bond motifs is 1. The number of carbonyl (C=O) groups is 1. The molecular weight excluding hydrogens is 368 g/mol. The number of benzene rings is 1. The molecule has 1 atom stereocenters. The number of nitrogens with one attached hydrogen (secondary N) is 1. The number of nitrogens with zero attached hydrogens (tertiary/aromatic N) is 3. The SMILES string of the molecule is CC(NC(=O)OC(C)(C)C)c1nn2ccc(Cl)c2c(=O)n1-c1ccccc1. The van der Waals surface area contributed by atoms with Gasteiger partial charge in [-0.15, -0.1) is 0 Å². The van der Waals surface area contributed by atoms with Gasteiger partial charge in [0.05, 0.1) is 16.8 Å². The van der Waals surface area contributed by atoms with Crippen molar-refractivity contribution >= 4 is 23.2 Å². The summed E-state index contributed by atoms with van der Waals surface area (Å²) in [5, 5.41) is 7.56. The van der Waals surface area contributed by atoms with Crippen LogP contribution in [0.15, 0.2) is 47.4 Å². The maximum absolute atomic E-state index is 13.1. The van der Waals surface area contributed by atoms with Gasteiger partial charge in [-0.3, -0.25) is 9.36 Å². The van der Waals surface area contributed by atoms with E-state index in [0.29, 0.717) is 16.5 Å². The Bertz CT molecular complexity index is 1030. The number of halogens is 1. The summed E-state index contributed by atoms with van der Waals surface area (Å²) in [5.74, 6) is 0.358. The highest BCUT2D eigenvalue weighted by Crippen LogP contribution is 2.19. The average molecular weight is 389 g/mol. The average Bonchev–Trinajstić information content (AvgIpc) is 2.95. The van der Waals surface area contributed by atoms with Crippen molar-refractivity contribution < 1.29 is 9.53 Å². The number of hydrogen-bond donors (Lipinski definition) is 1. The van der Waals surface area contributed by atoms with Crippen LogP contribution in [-0.4, -0.2) is 25.9 Å². The number of ether oxygens (including phenoxy) is 1. The van der Waals surface area contributed by atoms with Crippen molar-refractivity contribution in [2.45, 2.75) is 39.3 Å². The van der Waals surface area contributed by atoms with Gasteiger partial charge < -0.3 is 10.1 Å². The van der Waals surface area contributed by atoms with Crippen molar-refractivity contribution in [2.24, 2.45) is 0 Å². The van der Waals surface area contributed by atoms with Crippen LogP contribution >= 0.6 is 11.6 Å². The van der Waals surface area contributed by atoms with Crippen molar-refractivity contribution in [3.8, 4) is 5.69 Å². The van der Waals surface area contributed by atoms with Crippen LogP contribution in [0.25, 0.3) is 11.2 Å². The summed E-state index contributed by atoms with van der Waals surface area (Å²) in [6, 6.07) is 10.1. The van der Waals surface area contributed by atoms with Crippen molar-refractivity contribution in [1.82, 2.24) is 19.5 Å². The van der Waals surface area contributed by atoms with Gasteiger partial charge in [-0.1, -0.05) is 29.8 Å². The van der Waals surface area contributed by atoms with E-state index >= 15 is 0 Å². The van der Waals surface area contributed by atoms with E-state index in [-0.39, 0.29) is 11.1 Å². The topological polar surface area (TPSA) is 77.6 Å². The largest absolute Gasteiger partial charge is 0.444 e. The van der Waals surface area contributed by atoms with Gasteiger partial charge in [0.25, 0.3) is 5.56 Å². The quantitative estimate of drug-likeness (QED) is 0.741. The summed E-state index contributed by atoms with van der Waals surface area (Å²) in [5.41, 5.74) is -0.0517. The van der Waals surface area contributed by atoms with E-state index in [1.165, 1.54) is 9.08 Å². The molecule has 0 bridgehead atoms. The van der Waals surface area contributed by atoms with E-state index in [1.807, 2.05) is 18.2 Å². The molecule has 1 aromatic carbocycles. The zero-order chi connectivity index (χ0) is 19.8. The summed E-state index contributed by atoms with van der Waals surface area (Å²) in [4.78, 5) is 25.3. The predicted molar refractivity (Wildman–Crippen MR) is 104 cm³/mol. The number of para-hydroxylation sites is 1. The van der Waals surface area contributed by atoms with E-state index in [1.54, 1.807) is 52.1 Å². The Morgan fingerprint density at radius 2 is 1.89 bits per heavy atom. The minimum atomic E-state index is -0.631. The van der Waals surface area contributed by atoms with E-state index in [4.69, 9.17) is 16.3 Å². The van der Waals surface area contributed by atoms with Crippen molar-refractivity contribution in [2.75, 3.05) is 0 Å². The number of amides is 1. The predicted octanol–water partition coefficient (Wildman–Crippen LogP) is 3.72. The molecule has 0 saturated heterocycles. The van der Waals surface area contributed by atoms with Crippen LogP contribution in [0.3, 0.4) is 0 Å². The van der Waals surface area contributed by atoms with E-state index < -0.39 is 17.7 Å². The maximum atomic E-state index is 13.1. The van der Waals surface area contributed by atoms with Gasteiger partial charge >= 0.3 is 6.09 Å². The standard InChI is InChI=1S/C19H21ClN4O3/c1-12(21-18(26)27-19(2,3)4)16-22-23-11-10-14(20)15(23)17(25)24(16)13-8-6-5-7-9-13/h5-12H,1-4H3,(H,21,26). The van der Waals surface area contributed by atoms with Gasteiger partial charge in [0, 0.05) is 6.20 Å². The summed E-state index contributed by atoms with van der Waals surface area (Å²) in [7, 11) is 0. The van der Waals surface area contributed by atoms with Crippen LogP contribution in [0.4, 0.5) is 4.79 Å². The van der Waals surface area contributed by atoms with E-state index in [2.05, 4.69) is 10.4 Å². The highest BCUT2D eigenvalue weighted by Gasteiger charge is 2.23. The maximum Gasteiger partial charge on any atom is 0.408 e. The smallest absolute Gasteiger partial charge is 0.408 e. The normalized spacial score (nSPS) is 12.8. The molecule has 0 aliphatic heterocycles. The molecule has 2 heterocycles. The summed E-state index contributed by atoms with van der Waals surface area (Å²) >= 11 is 6.16. The van der Waals surface area contributed by atoms with Gasteiger partial charge in [-0.25, -0.2) is 9.31 Å². The molecule has 0 aliphatic carbocycles. The molecule has 3 rings (SSSR count). The molecular formula is C19H21ClN4O3. The minimum absolute atomic E-state index is 0.272. The number of hydrogen-bond acceptors (Lipinski definition) is 4. The summed E-state index contributed by atoms with van der Waals surface area (Å²) < 4.78 is 8.18. The van der Waals surface area contributed by atoms with Gasteiger partial charge in [0.15, 0.2) is 5.82 Å². The first-order valence-electron chi connectivity index (χ1n) is 8.52. The number of rotatable bonds is 3. The lowest BCUT2D eigenvalue weighted by Gasteiger charge is -2.23. The fraction of sp³-hybridized carbons (Fsp3) is 0.316. The summed E-state index contributed by atoms with van der Waals surface area (Å²) in [6.45, 7) is 7.08. The Labute approximate surface area is 161 Å². The molecule has 3 aromatic rings. The Balaban J connectivity index is 2.11. The molecule has 7 nitrogen and oxygen atoms in total. The molecule has 0 saturated carbocycles. The first-order valence-corrected chi connectivity index (χ1v) is 8.90. The molecule has 142 valence electrons. The second-order valence-corrected chi connectivity index (χ2v) is 7.57. The van der Waals surface area contributed by atoms with Crippen LogP contribution in [0.1, 0.15) is 39.6 Å². The number of aromatic nitrogens is 3. The highest BCUT2D eigenvalue weighted by molar-refractivity contribution is 6.33. The molecule has 2 aromatic heterocycles. The van der Waals surface area contributed by atoms with Crippen molar-refractivity contribution in [3.63, 3.8) is 0 Å². The molecule has 0 spiro atoms. The summed E-state index contributed by atoms with van der Waals surface area (Å²) in [6.07, 6.45) is 1.02. The third-order valence-corrected chi connectivity index (χ3v) is 4.10. The lowest BCUT2D eigenvalue weighted by Crippen LogP contribution is -2.37. The minimum Gasteiger partial charge on any atom is -0.444 e. The molecule has 0 radical (unpaired) electrons. The fourth-order valence-electron chi connectivity index (χ4n) is 2.70. The second kappa shape index (κ2) is 7.08. The van der Waals surface area contributed by atoms with E-state index in [0.717, 1.165) is 0 Å². The van der Waals surface area contributed by atoms with Gasteiger partial charge in [0.2, 0.25) is 0 Å². The Morgan fingerprint density at radius 1 is 1.22 bits per heavy atom. The van der Waals surface area contributed by atoms with Crippen LogP contribution < -0.4 is 10.9 Å². The number of alkyl carbamates (subject to hydrolysis) is 1. The van der Waals surface area contributed by atoms with Gasteiger partial charge in [-0.2, -0.15) is 5.10 Å². The lowest BCUT2D eigenvalue weighted by molar-refractivity contribution is 0.0505. The third kappa shape index (κ3) is 3.98. The van der Waals surface area contributed by atoms with Crippen LogP contribution in [0, 0.1) is 0 Å². The lowest BCUT2D eigenvalue weighted by atomic mass is 10.2. The molecule has 27 heavy (non-hydrogen) atoms. The molecule has 1 N–H and O–H groups in total. The second-order valence-electron chi connectivity index (χ2n) is 7.16. The van der Waals surface area contributed by atoms with Crippen molar-refractivity contribution in [3.05, 3.63) is 63.8 Å². The molecule has 0 fully saturated rings. The van der Waals surface area contributed by atoms with Gasteiger partial charge in [0.1, 0.15) is 11.1 Å². The first kappa shape index (κ1) is 19.0. The zero-order valence-electron chi connectivity index (χ0n) is 15.6. The van der Waals surface area contributed by atoms with Crippen LogP contribution in [0.5, 0.6) is 0 Å². The monoisotopic (exact) mass is 388 g/mol. The molecule has 8 heteroatoms. The third-order valence-electron chi connectivity index (χ3n) is 3.80. The Morgan fingerprint density at radius 3 is 2.52 bits per heavy atom. The Kier molecular flexibility index (Phi) is 4.97. The van der Waals surface area contributed by atoms with Crippen LogP contribution in [0.2, 0.25) is 5.02 Å². The first-order chi connectivity index (χ1) is 12.7. The molecule has 1 unspecified atom stereocenters.